The monoisotopic (exact) mass is 328 g/mol. The van der Waals surface area contributed by atoms with Crippen LogP contribution in [0.3, 0.4) is 0 Å². The molecule has 0 heterocycles. The minimum Gasteiger partial charge on any atom is -0.506 e. The summed E-state index contributed by atoms with van der Waals surface area (Å²) in [5.41, 5.74) is 2.11. The van der Waals surface area contributed by atoms with Crippen molar-refractivity contribution >= 4 is 28.9 Å². The SMILES string of the molecule is CCC(C)c1ccc(O)c(NC(=S)NC(=O)c2ccccc2)c1. The molecule has 4 nitrogen and oxygen atoms in total. The number of rotatable bonds is 4. The molecule has 0 aliphatic heterocycles. The fraction of sp³-hybridized carbons (Fsp3) is 0.222. The number of hydrogen-bond donors (Lipinski definition) is 3. The first-order valence-corrected chi connectivity index (χ1v) is 7.92. The molecule has 3 N–H and O–H groups in total. The second kappa shape index (κ2) is 7.74. The lowest BCUT2D eigenvalue weighted by molar-refractivity contribution is 0.0977. The second-order valence-corrected chi connectivity index (χ2v) is 5.77. The summed E-state index contributed by atoms with van der Waals surface area (Å²) in [5.74, 6) is 0.178. The Labute approximate surface area is 141 Å². The average molecular weight is 328 g/mol. The number of nitrogens with one attached hydrogen (secondary N) is 2. The van der Waals surface area contributed by atoms with E-state index in [0.717, 1.165) is 12.0 Å². The second-order valence-electron chi connectivity index (χ2n) is 5.36. The first kappa shape index (κ1) is 17.0. The summed E-state index contributed by atoms with van der Waals surface area (Å²) in [6.45, 7) is 4.22. The van der Waals surface area contributed by atoms with Crippen LogP contribution in [0, 0.1) is 0 Å². The van der Waals surface area contributed by atoms with E-state index in [1.807, 2.05) is 18.2 Å². The number of amides is 1. The molecule has 1 unspecified atom stereocenters. The molecule has 2 rings (SSSR count). The molecule has 0 bridgehead atoms. The molecule has 0 aliphatic rings. The summed E-state index contributed by atoms with van der Waals surface area (Å²) in [6, 6.07) is 14.2. The van der Waals surface area contributed by atoms with Crippen LogP contribution < -0.4 is 10.6 Å². The Morgan fingerprint density at radius 3 is 2.57 bits per heavy atom. The van der Waals surface area contributed by atoms with Crippen LogP contribution in [0.5, 0.6) is 5.75 Å². The van der Waals surface area contributed by atoms with Gasteiger partial charge in [-0.15, -0.1) is 0 Å². The molecule has 0 radical (unpaired) electrons. The van der Waals surface area contributed by atoms with Crippen LogP contribution in [0.4, 0.5) is 5.69 Å². The molecule has 0 fully saturated rings. The van der Waals surface area contributed by atoms with Crippen molar-refractivity contribution in [2.24, 2.45) is 0 Å². The van der Waals surface area contributed by atoms with Crippen LogP contribution in [-0.4, -0.2) is 16.1 Å². The molecular formula is C18H20N2O2S. The van der Waals surface area contributed by atoms with Crippen molar-refractivity contribution in [2.45, 2.75) is 26.2 Å². The summed E-state index contributed by atoms with van der Waals surface area (Å²) in [4.78, 5) is 12.1. The van der Waals surface area contributed by atoms with E-state index >= 15 is 0 Å². The molecule has 0 aromatic heterocycles. The molecule has 0 saturated carbocycles. The van der Waals surface area contributed by atoms with Gasteiger partial charge in [0.15, 0.2) is 5.11 Å². The maximum absolute atomic E-state index is 12.1. The van der Waals surface area contributed by atoms with Gasteiger partial charge in [0.1, 0.15) is 5.75 Å². The average Bonchev–Trinajstić information content (AvgIpc) is 2.56. The van der Waals surface area contributed by atoms with Gasteiger partial charge in [-0.25, -0.2) is 0 Å². The van der Waals surface area contributed by atoms with Gasteiger partial charge in [0.05, 0.1) is 5.69 Å². The van der Waals surface area contributed by atoms with Crippen LogP contribution in [0.2, 0.25) is 0 Å². The molecule has 23 heavy (non-hydrogen) atoms. The van der Waals surface area contributed by atoms with Gasteiger partial charge in [-0.3, -0.25) is 10.1 Å². The minimum absolute atomic E-state index is 0.0911. The van der Waals surface area contributed by atoms with Crippen molar-refractivity contribution in [3.05, 3.63) is 59.7 Å². The van der Waals surface area contributed by atoms with E-state index in [9.17, 15) is 9.90 Å². The van der Waals surface area contributed by atoms with E-state index in [0.29, 0.717) is 17.2 Å². The van der Waals surface area contributed by atoms with E-state index < -0.39 is 0 Å². The molecule has 2 aromatic carbocycles. The quantitative estimate of drug-likeness (QED) is 0.586. The van der Waals surface area contributed by atoms with E-state index in [1.54, 1.807) is 30.3 Å². The Morgan fingerprint density at radius 1 is 1.22 bits per heavy atom. The summed E-state index contributed by atoms with van der Waals surface area (Å²) in [7, 11) is 0. The fourth-order valence-electron chi connectivity index (χ4n) is 2.11. The van der Waals surface area contributed by atoms with Gasteiger partial charge in [0.2, 0.25) is 0 Å². The summed E-state index contributed by atoms with van der Waals surface area (Å²) in [5, 5.41) is 15.6. The van der Waals surface area contributed by atoms with Gasteiger partial charge in [-0.05, 0) is 54.4 Å². The molecule has 0 aliphatic carbocycles. The molecule has 0 spiro atoms. The highest BCUT2D eigenvalue weighted by Crippen LogP contribution is 2.28. The van der Waals surface area contributed by atoms with E-state index in [1.165, 1.54) is 0 Å². The van der Waals surface area contributed by atoms with Crippen LogP contribution in [0.15, 0.2) is 48.5 Å². The minimum atomic E-state index is -0.291. The van der Waals surface area contributed by atoms with Crippen LogP contribution in [0.25, 0.3) is 0 Å². The largest absolute Gasteiger partial charge is 0.506 e. The summed E-state index contributed by atoms with van der Waals surface area (Å²) in [6.07, 6.45) is 0.999. The van der Waals surface area contributed by atoms with Crippen LogP contribution in [0.1, 0.15) is 42.1 Å². The van der Waals surface area contributed by atoms with Gasteiger partial charge in [-0.1, -0.05) is 38.1 Å². The van der Waals surface area contributed by atoms with Gasteiger partial charge >= 0.3 is 0 Å². The lowest BCUT2D eigenvalue weighted by Gasteiger charge is -2.14. The molecule has 0 saturated heterocycles. The first-order valence-electron chi connectivity index (χ1n) is 7.51. The van der Waals surface area contributed by atoms with Crippen molar-refractivity contribution < 1.29 is 9.90 Å². The third kappa shape index (κ3) is 4.53. The summed E-state index contributed by atoms with van der Waals surface area (Å²) >= 11 is 5.16. The highest BCUT2D eigenvalue weighted by atomic mass is 32.1. The van der Waals surface area contributed by atoms with Crippen LogP contribution in [-0.2, 0) is 0 Å². The Hall–Kier alpha value is -2.40. The number of hydrogen-bond acceptors (Lipinski definition) is 3. The number of phenolic OH excluding ortho intramolecular Hbond substituents is 1. The highest BCUT2D eigenvalue weighted by Gasteiger charge is 2.11. The normalized spacial score (nSPS) is 11.6. The molecular weight excluding hydrogens is 308 g/mol. The maximum atomic E-state index is 12.1. The molecule has 1 atom stereocenters. The maximum Gasteiger partial charge on any atom is 0.257 e. The molecule has 1 amide bonds. The standard InChI is InChI=1S/C18H20N2O2S/c1-3-12(2)14-9-10-16(21)15(11-14)19-18(23)20-17(22)13-7-5-4-6-8-13/h4-12,21H,3H2,1-2H3,(H2,19,20,22,23). The Morgan fingerprint density at radius 2 is 1.91 bits per heavy atom. The third-order valence-electron chi connectivity index (χ3n) is 3.71. The van der Waals surface area contributed by atoms with E-state index in [-0.39, 0.29) is 16.8 Å². The zero-order valence-electron chi connectivity index (χ0n) is 13.2. The molecule has 2 aromatic rings. The van der Waals surface area contributed by atoms with Crippen molar-refractivity contribution in [1.82, 2.24) is 5.32 Å². The van der Waals surface area contributed by atoms with Gasteiger partial charge in [0, 0.05) is 5.56 Å². The van der Waals surface area contributed by atoms with E-state index in [4.69, 9.17) is 12.2 Å². The number of thiocarbonyl (C=S) groups is 1. The number of carbonyl (C=O) groups excluding carboxylic acids is 1. The Balaban J connectivity index is 2.07. The van der Waals surface area contributed by atoms with Crippen LogP contribution >= 0.6 is 12.2 Å². The molecule has 120 valence electrons. The summed E-state index contributed by atoms with van der Waals surface area (Å²) < 4.78 is 0. The Bertz CT molecular complexity index is 701. The number of carbonyl (C=O) groups is 1. The topological polar surface area (TPSA) is 61.4 Å². The fourth-order valence-corrected chi connectivity index (χ4v) is 2.32. The number of phenols is 1. The van der Waals surface area contributed by atoms with Crippen molar-refractivity contribution in [3.8, 4) is 5.75 Å². The number of aromatic hydroxyl groups is 1. The lowest BCUT2D eigenvalue weighted by atomic mass is 9.98. The van der Waals surface area contributed by atoms with Crippen molar-refractivity contribution in [1.29, 1.82) is 0 Å². The number of benzene rings is 2. The third-order valence-corrected chi connectivity index (χ3v) is 3.92. The predicted molar refractivity (Wildman–Crippen MR) is 96.9 cm³/mol. The smallest absolute Gasteiger partial charge is 0.257 e. The highest BCUT2D eigenvalue weighted by molar-refractivity contribution is 7.80. The first-order chi connectivity index (χ1) is 11.0. The molecule has 5 heteroatoms. The van der Waals surface area contributed by atoms with E-state index in [2.05, 4.69) is 24.5 Å². The number of anilines is 1. The van der Waals surface area contributed by atoms with Gasteiger partial charge < -0.3 is 10.4 Å². The lowest BCUT2D eigenvalue weighted by Crippen LogP contribution is -2.34. The zero-order valence-corrected chi connectivity index (χ0v) is 14.0. The van der Waals surface area contributed by atoms with Gasteiger partial charge in [-0.2, -0.15) is 0 Å². The predicted octanol–water partition coefficient (Wildman–Crippen LogP) is 4.03. The van der Waals surface area contributed by atoms with Crippen molar-refractivity contribution in [2.75, 3.05) is 5.32 Å². The van der Waals surface area contributed by atoms with Gasteiger partial charge in [0.25, 0.3) is 5.91 Å². The Kier molecular flexibility index (Phi) is 5.71. The van der Waals surface area contributed by atoms with Crippen molar-refractivity contribution in [3.63, 3.8) is 0 Å². The zero-order chi connectivity index (χ0) is 16.8.